The third kappa shape index (κ3) is 8.53. The van der Waals surface area contributed by atoms with Crippen molar-refractivity contribution < 1.29 is 152 Å². The molecule has 13 heteroatoms. The minimum absolute atomic E-state index is 0. The second-order valence-corrected chi connectivity index (χ2v) is 4.36. The van der Waals surface area contributed by atoms with Gasteiger partial charge in [-0.05, 0) is 0 Å². The molecule has 1 rings (SSSR count). The predicted molar refractivity (Wildman–Crippen MR) is 46.1 cm³/mol. The monoisotopic (exact) mass is 354 g/mol. The van der Waals surface area contributed by atoms with Gasteiger partial charge >= 0.3 is 103 Å². The van der Waals surface area contributed by atoms with Gasteiger partial charge in [0.05, 0.1) is 14.4 Å². The Morgan fingerprint density at radius 1 is 1.11 bits per heavy atom. The number of aliphatic hydroxyl groups excluding tert-OH is 4. The summed E-state index contributed by atoms with van der Waals surface area (Å²) in [6.07, 6.45) is -8.61. The van der Waals surface area contributed by atoms with Crippen LogP contribution in [0.2, 0.25) is 0 Å². The van der Waals surface area contributed by atoms with Crippen LogP contribution >= 0.6 is 7.82 Å². The van der Waals surface area contributed by atoms with Crippen LogP contribution in [0.3, 0.4) is 0 Å². The maximum atomic E-state index is 10.3. The van der Waals surface area contributed by atoms with E-state index < -0.39 is 45.1 Å². The molecule has 0 amide bonds. The topological polar surface area (TPSA) is 194 Å². The zero-order valence-electron chi connectivity index (χ0n) is 10.4. The fourth-order valence-corrected chi connectivity index (χ4v) is 1.71. The van der Waals surface area contributed by atoms with E-state index in [1.54, 1.807) is 0 Å². The van der Waals surface area contributed by atoms with Crippen molar-refractivity contribution in [1.82, 2.24) is 0 Å². The van der Waals surface area contributed by atoms with Gasteiger partial charge in [-0.1, -0.05) is 0 Å². The van der Waals surface area contributed by atoms with Crippen molar-refractivity contribution in [2.75, 3.05) is 6.61 Å². The molecule has 0 bridgehead atoms. The van der Waals surface area contributed by atoms with Crippen molar-refractivity contribution in [2.24, 2.45) is 0 Å². The molecule has 5 unspecified atom stereocenters. The summed E-state index contributed by atoms with van der Waals surface area (Å²) in [5.41, 5.74) is 0. The molecule has 0 aromatic rings. The van der Waals surface area contributed by atoms with Gasteiger partial charge in [0, 0.05) is 0 Å². The van der Waals surface area contributed by atoms with Crippen LogP contribution in [0.4, 0.5) is 0 Å². The molecular weight excluding hydrogens is 341 g/mol. The molecule has 1 saturated heterocycles. The van der Waals surface area contributed by atoms with Crippen LogP contribution in [-0.2, 0) is 13.8 Å². The SMILES string of the molecule is O.O=P([O-])([O-])OC1OC(CO)C(O)C(O)C1O.[K+].[K+]. The Morgan fingerprint density at radius 3 is 1.95 bits per heavy atom. The summed E-state index contributed by atoms with van der Waals surface area (Å²) in [5.74, 6) is 0. The van der Waals surface area contributed by atoms with E-state index in [0.717, 1.165) is 0 Å². The van der Waals surface area contributed by atoms with E-state index in [1.807, 2.05) is 0 Å². The number of rotatable bonds is 3. The first-order chi connectivity index (χ1) is 7.26. The third-order valence-electron chi connectivity index (χ3n) is 2.08. The Labute approximate surface area is 193 Å². The number of phosphoric acid groups is 1. The van der Waals surface area contributed by atoms with Crippen LogP contribution < -0.4 is 113 Å². The van der Waals surface area contributed by atoms with Gasteiger partial charge in [-0.3, -0.25) is 0 Å². The average molecular weight is 354 g/mol. The molecule has 1 aliphatic rings. The molecule has 0 radical (unpaired) electrons. The zero-order chi connectivity index (χ0) is 12.5. The summed E-state index contributed by atoms with van der Waals surface area (Å²) < 4.78 is 18.7. The van der Waals surface area contributed by atoms with Gasteiger partial charge in [-0.2, -0.15) is 0 Å². The van der Waals surface area contributed by atoms with Crippen molar-refractivity contribution in [1.29, 1.82) is 0 Å². The Hall–Kier alpha value is 3.14. The molecule has 0 aliphatic carbocycles. The number of phosphoric ester groups is 1. The molecule has 5 atom stereocenters. The Morgan fingerprint density at radius 2 is 1.58 bits per heavy atom. The van der Waals surface area contributed by atoms with E-state index in [4.69, 9.17) is 5.11 Å². The second-order valence-electron chi connectivity index (χ2n) is 3.25. The molecular formula is C6H13K2O10P. The van der Waals surface area contributed by atoms with Crippen LogP contribution in [0, 0.1) is 0 Å². The molecule has 104 valence electrons. The predicted octanol–water partition coefficient (Wildman–Crippen LogP) is -11.2. The first kappa shape index (κ1) is 27.0. The molecule has 1 heterocycles. The Balaban J connectivity index is -0.000000853. The first-order valence-corrected chi connectivity index (χ1v) is 5.73. The maximum Gasteiger partial charge on any atom is 1.00 e. The zero-order valence-corrected chi connectivity index (χ0v) is 17.5. The average Bonchev–Trinajstić information content (AvgIpc) is 2.17. The van der Waals surface area contributed by atoms with E-state index in [0.29, 0.717) is 0 Å². The fourth-order valence-electron chi connectivity index (χ4n) is 1.28. The van der Waals surface area contributed by atoms with Gasteiger partial charge < -0.3 is 49.5 Å². The summed E-state index contributed by atoms with van der Waals surface area (Å²) >= 11 is 0. The van der Waals surface area contributed by atoms with Crippen molar-refractivity contribution in [3.8, 4) is 0 Å². The minimum Gasteiger partial charge on any atom is -0.790 e. The van der Waals surface area contributed by atoms with E-state index in [1.165, 1.54) is 0 Å². The van der Waals surface area contributed by atoms with Crippen molar-refractivity contribution in [3.05, 3.63) is 0 Å². The summed E-state index contributed by atoms with van der Waals surface area (Å²) in [6, 6.07) is 0. The molecule has 10 nitrogen and oxygen atoms in total. The Bertz CT molecular complexity index is 285. The van der Waals surface area contributed by atoms with Crippen LogP contribution in [0.15, 0.2) is 0 Å². The van der Waals surface area contributed by atoms with Crippen molar-refractivity contribution in [2.45, 2.75) is 30.7 Å². The van der Waals surface area contributed by atoms with Gasteiger partial charge in [0.2, 0.25) is 0 Å². The van der Waals surface area contributed by atoms with Crippen LogP contribution in [0.1, 0.15) is 0 Å². The van der Waals surface area contributed by atoms with Crippen molar-refractivity contribution in [3.63, 3.8) is 0 Å². The molecule has 0 aromatic heterocycles. The van der Waals surface area contributed by atoms with Gasteiger partial charge in [0.25, 0.3) is 0 Å². The standard InChI is InChI=1S/C6H13O9P.2K.H2O/c7-1-2-3(8)4(9)5(10)6(14-2)15-16(11,12)13;;;/h2-10H,1H2,(H2,11,12,13);;;1H2/q;2*+1;/p-2. The van der Waals surface area contributed by atoms with Gasteiger partial charge in [0.1, 0.15) is 24.4 Å². The smallest absolute Gasteiger partial charge is 0.790 e. The second kappa shape index (κ2) is 11.6. The van der Waals surface area contributed by atoms with Crippen LogP contribution in [0.25, 0.3) is 0 Å². The summed E-state index contributed by atoms with van der Waals surface area (Å²) in [4.78, 5) is 20.6. The van der Waals surface area contributed by atoms with Gasteiger partial charge in [-0.15, -0.1) is 0 Å². The van der Waals surface area contributed by atoms with E-state index in [-0.39, 0.29) is 108 Å². The number of aliphatic hydroxyl groups is 4. The summed E-state index contributed by atoms with van der Waals surface area (Å²) in [5, 5.41) is 36.5. The molecule has 1 aliphatic heterocycles. The number of hydrogen-bond acceptors (Lipinski definition) is 9. The summed E-state index contributed by atoms with van der Waals surface area (Å²) in [6.45, 7) is -0.743. The Kier molecular flexibility index (Phi) is 16.6. The molecule has 1 fully saturated rings. The molecule has 6 N–H and O–H groups in total. The number of hydrogen-bond donors (Lipinski definition) is 4. The normalized spacial score (nSPS) is 34.5. The van der Waals surface area contributed by atoms with E-state index in [2.05, 4.69) is 9.26 Å². The largest absolute Gasteiger partial charge is 1.00 e. The van der Waals surface area contributed by atoms with E-state index >= 15 is 0 Å². The number of ether oxygens (including phenoxy) is 1. The maximum absolute atomic E-state index is 10.3. The molecule has 19 heavy (non-hydrogen) atoms. The van der Waals surface area contributed by atoms with Gasteiger partial charge in [0.15, 0.2) is 6.29 Å². The van der Waals surface area contributed by atoms with E-state index in [9.17, 15) is 29.7 Å². The quantitative estimate of drug-likeness (QED) is 0.281. The first-order valence-electron chi connectivity index (χ1n) is 4.27. The van der Waals surface area contributed by atoms with Crippen LogP contribution in [-0.4, -0.2) is 63.2 Å². The molecule has 0 spiro atoms. The minimum atomic E-state index is -5.41. The fraction of sp³-hybridized carbons (Fsp3) is 1.00. The third-order valence-corrected chi connectivity index (χ3v) is 2.55. The van der Waals surface area contributed by atoms with Gasteiger partial charge in [-0.25, -0.2) is 0 Å². The molecule has 0 aromatic carbocycles. The van der Waals surface area contributed by atoms with Crippen molar-refractivity contribution >= 4 is 7.82 Å². The summed E-state index contributed by atoms with van der Waals surface area (Å²) in [7, 11) is -5.41. The van der Waals surface area contributed by atoms with Crippen LogP contribution in [0.5, 0.6) is 0 Å². The molecule has 0 saturated carbocycles.